The Morgan fingerprint density at radius 3 is 2.59 bits per heavy atom. The zero-order valence-electron chi connectivity index (χ0n) is 19.6. The maximum absolute atomic E-state index is 12.4. The lowest BCUT2D eigenvalue weighted by Gasteiger charge is -2.40. The number of amides is 1. The second-order valence-electron chi connectivity index (χ2n) is 9.97. The Balaban J connectivity index is 1.75. The topological polar surface area (TPSA) is 120 Å². The van der Waals surface area contributed by atoms with Crippen LogP contribution in [0.1, 0.15) is 62.0 Å². The minimum Gasteiger partial charge on any atom is -0.480 e. The molecule has 8 nitrogen and oxygen atoms in total. The van der Waals surface area contributed by atoms with Gasteiger partial charge in [-0.15, -0.1) is 0 Å². The van der Waals surface area contributed by atoms with Crippen molar-refractivity contribution in [2.45, 2.75) is 46.1 Å². The molecule has 1 amide bonds. The summed E-state index contributed by atoms with van der Waals surface area (Å²) in [4.78, 5) is 28.0. The minimum atomic E-state index is -1.10. The van der Waals surface area contributed by atoms with Crippen LogP contribution in [0.5, 0.6) is 0 Å². The molecule has 3 aromatic rings. The first-order chi connectivity index (χ1) is 16.1. The molecule has 1 aliphatic rings. The van der Waals surface area contributed by atoms with E-state index >= 15 is 0 Å². The van der Waals surface area contributed by atoms with E-state index in [0.717, 1.165) is 24.0 Å². The van der Waals surface area contributed by atoms with Gasteiger partial charge in [-0.3, -0.25) is 9.59 Å². The predicted octanol–water partition coefficient (Wildman–Crippen LogP) is 4.85. The van der Waals surface area contributed by atoms with Gasteiger partial charge in [0, 0.05) is 17.3 Å². The zero-order valence-corrected chi connectivity index (χ0v) is 19.6. The summed E-state index contributed by atoms with van der Waals surface area (Å²) >= 11 is 0. The molecule has 1 aliphatic carbocycles. The van der Waals surface area contributed by atoms with E-state index in [9.17, 15) is 9.59 Å². The van der Waals surface area contributed by atoms with Gasteiger partial charge in [0.2, 0.25) is 5.95 Å². The number of carboxylic acid groups (broad SMARTS) is 1. The van der Waals surface area contributed by atoms with Gasteiger partial charge >= 0.3 is 5.97 Å². The third-order valence-electron chi connectivity index (χ3n) is 6.35. The Kier molecular flexibility index (Phi) is 6.29. The van der Waals surface area contributed by atoms with Crippen molar-refractivity contribution in [2.75, 3.05) is 11.9 Å². The van der Waals surface area contributed by atoms with Crippen LogP contribution in [0.2, 0.25) is 0 Å². The highest BCUT2D eigenvalue weighted by atomic mass is 16.4. The van der Waals surface area contributed by atoms with Crippen LogP contribution in [0.3, 0.4) is 0 Å². The normalized spacial score (nSPS) is 19.4. The summed E-state index contributed by atoms with van der Waals surface area (Å²) in [6, 6.07) is 14.9. The van der Waals surface area contributed by atoms with Gasteiger partial charge in [-0.25, -0.2) is 4.98 Å². The summed E-state index contributed by atoms with van der Waals surface area (Å²) in [6.45, 7) is 6.44. The number of anilines is 2. The lowest BCUT2D eigenvalue weighted by molar-refractivity contribution is -0.135. The number of benzene rings is 2. The van der Waals surface area contributed by atoms with Gasteiger partial charge in [0.1, 0.15) is 6.54 Å². The second-order valence-corrected chi connectivity index (χ2v) is 9.97. The number of nitrogens with one attached hydrogen (secondary N) is 2. The van der Waals surface area contributed by atoms with Gasteiger partial charge in [-0.05, 0) is 73.1 Å². The van der Waals surface area contributed by atoms with Crippen LogP contribution < -0.4 is 10.6 Å². The maximum atomic E-state index is 12.4. The van der Waals surface area contributed by atoms with Crippen molar-refractivity contribution in [3.05, 3.63) is 53.6 Å². The third-order valence-corrected chi connectivity index (χ3v) is 6.35. The molecule has 1 aromatic heterocycles. The molecule has 1 fully saturated rings. The number of hydrogen-bond donors (Lipinski definition) is 3. The highest BCUT2D eigenvalue weighted by molar-refractivity contribution is 5.99. The molecule has 2 aromatic carbocycles. The molecule has 0 spiro atoms. The lowest BCUT2D eigenvalue weighted by Crippen LogP contribution is -2.30. The standard InChI is InChI=1S/C26H29N5O3/c1-16-10-20(13-26(2,3)12-16)31-22-9-6-18(24(34)28-15-23(32)33)11-21(22)30-25(31)29-19-7-4-17(14-27)5-8-19/h4-9,11,16,20H,10,12-13,15H2,1-3H3,(H,28,34)(H,29,30)(H,32,33)/t16-,20?/m0/s1. The van der Waals surface area contributed by atoms with Gasteiger partial charge in [0.15, 0.2) is 0 Å². The van der Waals surface area contributed by atoms with Crippen LogP contribution in [0, 0.1) is 22.7 Å². The number of imidazole rings is 1. The molecule has 2 atom stereocenters. The Labute approximate surface area is 198 Å². The van der Waals surface area contributed by atoms with Crippen molar-refractivity contribution in [3.63, 3.8) is 0 Å². The molecule has 34 heavy (non-hydrogen) atoms. The number of carbonyl (C=O) groups is 2. The van der Waals surface area contributed by atoms with Crippen molar-refractivity contribution in [1.82, 2.24) is 14.9 Å². The molecule has 3 N–H and O–H groups in total. The fourth-order valence-electron chi connectivity index (χ4n) is 5.21. The summed E-state index contributed by atoms with van der Waals surface area (Å²) in [5.74, 6) is -0.303. The van der Waals surface area contributed by atoms with E-state index in [1.54, 1.807) is 24.3 Å². The first-order valence-electron chi connectivity index (χ1n) is 11.4. The number of hydrogen-bond acceptors (Lipinski definition) is 5. The summed E-state index contributed by atoms with van der Waals surface area (Å²) in [5, 5.41) is 23.7. The Morgan fingerprint density at radius 1 is 1.21 bits per heavy atom. The fourth-order valence-corrected chi connectivity index (χ4v) is 5.21. The molecule has 1 heterocycles. The first kappa shape index (κ1) is 23.3. The molecule has 1 saturated carbocycles. The Morgan fingerprint density at radius 2 is 1.94 bits per heavy atom. The SMILES string of the molecule is C[C@H]1CC(n2c(Nc3ccc(C#N)cc3)nc3cc(C(=O)NCC(=O)O)ccc32)CC(C)(C)C1. The molecule has 4 rings (SSSR count). The van der Waals surface area contributed by atoms with Crippen LogP contribution in [0.4, 0.5) is 11.6 Å². The van der Waals surface area contributed by atoms with E-state index in [0.29, 0.717) is 28.5 Å². The monoisotopic (exact) mass is 459 g/mol. The average molecular weight is 460 g/mol. The second kappa shape index (κ2) is 9.18. The van der Waals surface area contributed by atoms with Gasteiger partial charge in [0.25, 0.3) is 5.91 Å². The van der Waals surface area contributed by atoms with Crippen molar-refractivity contribution in [1.29, 1.82) is 5.26 Å². The predicted molar refractivity (Wildman–Crippen MR) is 130 cm³/mol. The average Bonchev–Trinajstić information content (AvgIpc) is 3.13. The number of carboxylic acids is 1. The Hall–Kier alpha value is -3.86. The molecule has 8 heteroatoms. The highest BCUT2D eigenvalue weighted by Crippen LogP contribution is 2.46. The number of aromatic nitrogens is 2. The van der Waals surface area contributed by atoms with Crippen LogP contribution >= 0.6 is 0 Å². The summed E-state index contributed by atoms with van der Waals surface area (Å²) < 4.78 is 2.23. The molecule has 0 saturated heterocycles. The number of rotatable bonds is 6. The molecule has 176 valence electrons. The van der Waals surface area contributed by atoms with Gasteiger partial charge in [-0.1, -0.05) is 20.8 Å². The number of fused-ring (bicyclic) bond motifs is 1. The van der Waals surface area contributed by atoms with E-state index < -0.39 is 18.4 Å². The molecular weight excluding hydrogens is 430 g/mol. The number of aliphatic carboxylic acids is 1. The van der Waals surface area contributed by atoms with Crippen LogP contribution in [-0.2, 0) is 4.79 Å². The summed E-state index contributed by atoms with van der Waals surface area (Å²) in [6.07, 6.45) is 3.20. The Bertz CT molecular complexity index is 1270. The van der Waals surface area contributed by atoms with E-state index in [1.807, 2.05) is 18.2 Å². The van der Waals surface area contributed by atoms with E-state index in [1.165, 1.54) is 6.42 Å². The van der Waals surface area contributed by atoms with Crippen LogP contribution in [0.25, 0.3) is 11.0 Å². The largest absolute Gasteiger partial charge is 0.480 e. The molecule has 0 radical (unpaired) electrons. The fraction of sp³-hybridized carbons (Fsp3) is 0.385. The smallest absolute Gasteiger partial charge is 0.322 e. The quantitative estimate of drug-likeness (QED) is 0.484. The van der Waals surface area contributed by atoms with Crippen molar-refractivity contribution in [2.24, 2.45) is 11.3 Å². The summed E-state index contributed by atoms with van der Waals surface area (Å²) in [7, 11) is 0. The number of nitriles is 1. The van der Waals surface area contributed by atoms with E-state index in [2.05, 4.69) is 42.0 Å². The highest BCUT2D eigenvalue weighted by Gasteiger charge is 2.34. The number of carbonyl (C=O) groups excluding carboxylic acids is 1. The minimum absolute atomic E-state index is 0.196. The van der Waals surface area contributed by atoms with Crippen molar-refractivity contribution < 1.29 is 14.7 Å². The van der Waals surface area contributed by atoms with Crippen molar-refractivity contribution in [3.8, 4) is 6.07 Å². The maximum Gasteiger partial charge on any atom is 0.322 e. The molecule has 0 bridgehead atoms. The lowest BCUT2D eigenvalue weighted by atomic mass is 9.70. The first-order valence-corrected chi connectivity index (χ1v) is 11.4. The third kappa shape index (κ3) is 5.04. The van der Waals surface area contributed by atoms with Crippen LogP contribution in [0.15, 0.2) is 42.5 Å². The van der Waals surface area contributed by atoms with E-state index in [4.69, 9.17) is 15.4 Å². The van der Waals surface area contributed by atoms with Crippen molar-refractivity contribution >= 4 is 34.5 Å². The zero-order chi connectivity index (χ0) is 24.5. The summed E-state index contributed by atoms with van der Waals surface area (Å²) in [5.41, 5.74) is 3.54. The van der Waals surface area contributed by atoms with Gasteiger partial charge in [0.05, 0.1) is 22.7 Å². The number of nitrogens with zero attached hydrogens (tertiary/aromatic N) is 3. The van der Waals surface area contributed by atoms with Gasteiger partial charge in [-0.2, -0.15) is 5.26 Å². The molecular formula is C26H29N5O3. The molecule has 1 unspecified atom stereocenters. The molecule has 0 aliphatic heterocycles. The van der Waals surface area contributed by atoms with Crippen LogP contribution in [-0.4, -0.2) is 33.1 Å². The van der Waals surface area contributed by atoms with E-state index in [-0.39, 0.29) is 11.5 Å². The van der Waals surface area contributed by atoms with Gasteiger partial charge < -0.3 is 20.3 Å².